The molecule has 0 aliphatic carbocycles. The van der Waals surface area contributed by atoms with Crippen molar-refractivity contribution in [2.45, 2.75) is 27.7 Å². The van der Waals surface area contributed by atoms with E-state index in [9.17, 15) is 9.59 Å². The molecule has 0 saturated carbocycles. The van der Waals surface area contributed by atoms with E-state index >= 15 is 0 Å². The van der Waals surface area contributed by atoms with Crippen LogP contribution in [0.15, 0.2) is 24.3 Å². The third-order valence-corrected chi connectivity index (χ3v) is 2.56. The van der Waals surface area contributed by atoms with Crippen molar-refractivity contribution >= 4 is 18.0 Å². The van der Waals surface area contributed by atoms with E-state index in [0.717, 1.165) is 11.6 Å². The van der Waals surface area contributed by atoms with Crippen molar-refractivity contribution in [3.63, 3.8) is 0 Å². The summed E-state index contributed by atoms with van der Waals surface area (Å²) in [6.07, 6.45) is 2.54. The highest BCUT2D eigenvalue weighted by Crippen LogP contribution is 2.14. The van der Waals surface area contributed by atoms with Gasteiger partial charge in [-0.25, -0.2) is 4.79 Å². The number of hydrogen-bond donors (Lipinski definition) is 2. The van der Waals surface area contributed by atoms with Gasteiger partial charge in [-0.05, 0) is 41.7 Å². The summed E-state index contributed by atoms with van der Waals surface area (Å²) in [7, 11) is 0. The average Bonchev–Trinajstić information content (AvgIpc) is 2.32. The lowest BCUT2D eigenvalue weighted by molar-refractivity contribution is -0.131. The second-order valence-electron chi connectivity index (χ2n) is 6.05. The molecule has 1 rings (SSSR count). The van der Waals surface area contributed by atoms with E-state index in [4.69, 9.17) is 5.11 Å². The van der Waals surface area contributed by atoms with Crippen LogP contribution in [-0.4, -0.2) is 23.5 Å². The van der Waals surface area contributed by atoms with Crippen LogP contribution in [0.3, 0.4) is 0 Å². The smallest absolute Gasteiger partial charge is 0.328 e. The van der Waals surface area contributed by atoms with E-state index in [-0.39, 0.29) is 11.3 Å². The number of carbonyl (C=O) groups excluding carboxylic acids is 1. The molecule has 1 amide bonds. The lowest BCUT2D eigenvalue weighted by Gasteiger charge is -2.18. The Morgan fingerprint density at radius 1 is 1.25 bits per heavy atom. The third kappa shape index (κ3) is 5.69. The van der Waals surface area contributed by atoms with E-state index in [0.29, 0.717) is 17.7 Å². The van der Waals surface area contributed by atoms with Gasteiger partial charge in [0.2, 0.25) is 0 Å². The molecule has 4 nitrogen and oxygen atoms in total. The molecule has 2 N–H and O–H groups in total. The summed E-state index contributed by atoms with van der Waals surface area (Å²) in [6, 6.07) is 5.31. The second-order valence-corrected chi connectivity index (χ2v) is 6.05. The molecule has 1 aromatic carbocycles. The second kappa shape index (κ2) is 6.37. The highest BCUT2D eigenvalue weighted by Gasteiger charge is 2.13. The molecule has 108 valence electrons. The van der Waals surface area contributed by atoms with Crippen LogP contribution in [0, 0.1) is 12.3 Å². The van der Waals surface area contributed by atoms with Crippen molar-refractivity contribution in [3.05, 3.63) is 41.0 Å². The minimum Gasteiger partial charge on any atom is -0.478 e. The van der Waals surface area contributed by atoms with Crippen molar-refractivity contribution in [2.75, 3.05) is 6.54 Å². The number of carboxylic acids is 1. The Bertz CT molecular complexity index is 539. The van der Waals surface area contributed by atoms with E-state index in [1.807, 2.05) is 33.8 Å². The first-order chi connectivity index (χ1) is 9.17. The minimum absolute atomic E-state index is 0.0194. The number of carbonyl (C=O) groups is 2. The van der Waals surface area contributed by atoms with Gasteiger partial charge in [0, 0.05) is 18.2 Å². The first-order valence-electron chi connectivity index (χ1n) is 6.48. The van der Waals surface area contributed by atoms with Crippen LogP contribution in [0.2, 0.25) is 0 Å². The van der Waals surface area contributed by atoms with Crippen LogP contribution in [0.25, 0.3) is 6.08 Å². The molecule has 0 saturated heterocycles. The average molecular weight is 275 g/mol. The van der Waals surface area contributed by atoms with Crippen molar-refractivity contribution in [2.24, 2.45) is 5.41 Å². The Morgan fingerprint density at radius 2 is 1.90 bits per heavy atom. The molecule has 20 heavy (non-hydrogen) atoms. The Hall–Kier alpha value is -2.10. The Balaban J connectivity index is 2.90. The number of hydrogen-bond acceptors (Lipinski definition) is 2. The van der Waals surface area contributed by atoms with Gasteiger partial charge in [-0.15, -0.1) is 0 Å². The zero-order valence-electron chi connectivity index (χ0n) is 12.4. The van der Waals surface area contributed by atoms with Gasteiger partial charge in [0.1, 0.15) is 0 Å². The minimum atomic E-state index is -1.01. The molecule has 0 bridgehead atoms. The zero-order valence-corrected chi connectivity index (χ0v) is 12.4. The van der Waals surface area contributed by atoms with Gasteiger partial charge >= 0.3 is 5.97 Å². The monoisotopic (exact) mass is 275 g/mol. The summed E-state index contributed by atoms with van der Waals surface area (Å²) in [6.45, 7) is 8.60. The molecule has 0 spiro atoms. The fourth-order valence-corrected chi connectivity index (χ4v) is 1.66. The summed E-state index contributed by atoms with van der Waals surface area (Å²) in [5.41, 5.74) is 2.18. The Labute approximate surface area is 119 Å². The molecule has 0 heterocycles. The fraction of sp³-hybridized carbons (Fsp3) is 0.375. The Kier molecular flexibility index (Phi) is 5.08. The van der Waals surface area contributed by atoms with E-state index in [2.05, 4.69) is 5.32 Å². The molecule has 0 atom stereocenters. The molecule has 0 aromatic heterocycles. The maximum absolute atomic E-state index is 12.1. The lowest BCUT2D eigenvalue weighted by atomic mass is 9.96. The molecule has 1 aromatic rings. The number of aliphatic carboxylic acids is 1. The molecule has 0 fully saturated rings. The fourth-order valence-electron chi connectivity index (χ4n) is 1.66. The SMILES string of the molecule is Cc1cc(/C=C/C(=O)O)cc(C(=O)NCC(C)(C)C)c1. The topological polar surface area (TPSA) is 66.4 Å². The van der Waals surface area contributed by atoms with Gasteiger partial charge < -0.3 is 10.4 Å². The normalized spacial score (nSPS) is 11.6. The number of carboxylic acid groups (broad SMARTS) is 1. The molecule has 0 aliphatic rings. The van der Waals surface area contributed by atoms with Crippen molar-refractivity contribution < 1.29 is 14.7 Å². The van der Waals surface area contributed by atoms with Gasteiger partial charge in [0.05, 0.1) is 0 Å². The van der Waals surface area contributed by atoms with Crippen molar-refractivity contribution in [3.8, 4) is 0 Å². The number of benzene rings is 1. The summed E-state index contributed by atoms with van der Waals surface area (Å²) >= 11 is 0. The molecule has 0 radical (unpaired) electrons. The molecular weight excluding hydrogens is 254 g/mol. The van der Waals surface area contributed by atoms with Crippen LogP contribution in [0.4, 0.5) is 0 Å². The zero-order chi connectivity index (χ0) is 15.3. The Morgan fingerprint density at radius 3 is 2.45 bits per heavy atom. The maximum Gasteiger partial charge on any atom is 0.328 e. The first kappa shape index (κ1) is 16.0. The van der Waals surface area contributed by atoms with Gasteiger partial charge in [-0.2, -0.15) is 0 Å². The van der Waals surface area contributed by atoms with Crippen LogP contribution in [0.1, 0.15) is 42.3 Å². The van der Waals surface area contributed by atoms with Crippen molar-refractivity contribution in [1.29, 1.82) is 0 Å². The highest BCUT2D eigenvalue weighted by atomic mass is 16.4. The van der Waals surface area contributed by atoms with E-state index < -0.39 is 5.97 Å². The van der Waals surface area contributed by atoms with Gasteiger partial charge in [-0.3, -0.25) is 4.79 Å². The number of aryl methyl sites for hydroxylation is 1. The van der Waals surface area contributed by atoms with Crippen LogP contribution in [0.5, 0.6) is 0 Å². The standard InChI is InChI=1S/C16H21NO3/c1-11-7-12(5-6-14(18)19)9-13(8-11)15(20)17-10-16(2,3)4/h5-9H,10H2,1-4H3,(H,17,20)(H,18,19)/b6-5+. The highest BCUT2D eigenvalue weighted by molar-refractivity contribution is 5.95. The maximum atomic E-state index is 12.1. The largest absolute Gasteiger partial charge is 0.478 e. The van der Waals surface area contributed by atoms with Gasteiger partial charge in [-0.1, -0.05) is 26.8 Å². The van der Waals surface area contributed by atoms with E-state index in [1.165, 1.54) is 6.08 Å². The first-order valence-corrected chi connectivity index (χ1v) is 6.48. The summed E-state index contributed by atoms with van der Waals surface area (Å²) in [4.78, 5) is 22.6. The predicted molar refractivity (Wildman–Crippen MR) is 79.6 cm³/mol. The quantitative estimate of drug-likeness (QED) is 0.830. The predicted octanol–water partition coefficient (Wildman–Crippen LogP) is 2.87. The number of nitrogens with one attached hydrogen (secondary N) is 1. The summed E-state index contributed by atoms with van der Waals surface area (Å²) in [5, 5.41) is 11.5. The van der Waals surface area contributed by atoms with Crippen LogP contribution >= 0.6 is 0 Å². The third-order valence-electron chi connectivity index (χ3n) is 2.56. The van der Waals surface area contributed by atoms with Crippen LogP contribution in [-0.2, 0) is 4.79 Å². The summed E-state index contributed by atoms with van der Waals surface area (Å²) < 4.78 is 0. The van der Waals surface area contributed by atoms with Crippen LogP contribution < -0.4 is 5.32 Å². The molecular formula is C16H21NO3. The van der Waals surface area contributed by atoms with Crippen molar-refractivity contribution in [1.82, 2.24) is 5.32 Å². The van der Waals surface area contributed by atoms with Gasteiger partial charge in [0.15, 0.2) is 0 Å². The molecule has 0 unspecified atom stereocenters. The number of rotatable bonds is 4. The lowest BCUT2D eigenvalue weighted by Crippen LogP contribution is -2.32. The summed E-state index contributed by atoms with van der Waals surface area (Å²) in [5.74, 6) is -1.15. The molecule has 4 heteroatoms. The molecule has 0 aliphatic heterocycles. The van der Waals surface area contributed by atoms with E-state index in [1.54, 1.807) is 12.1 Å². The van der Waals surface area contributed by atoms with Gasteiger partial charge in [0.25, 0.3) is 5.91 Å². The number of amides is 1.